The number of ether oxygens (including phenoxy) is 2. The maximum absolute atomic E-state index is 11.5. The quantitative estimate of drug-likeness (QED) is 0.754. The number of amides is 1. The van der Waals surface area contributed by atoms with Gasteiger partial charge in [0.2, 0.25) is 0 Å². The molecule has 0 bridgehead atoms. The number of hydrogen-bond donors (Lipinski definition) is 1. The van der Waals surface area contributed by atoms with E-state index < -0.39 is 23.7 Å². The van der Waals surface area contributed by atoms with E-state index >= 15 is 0 Å². The van der Waals surface area contributed by atoms with E-state index in [4.69, 9.17) is 4.74 Å². The average Bonchev–Trinajstić information content (AvgIpc) is 2.20. The largest absolute Gasteiger partial charge is 0.467 e. The van der Waals surface area contributed by atoms with Crippen molar-refractivity contribution in [3.05, 3.63) is 0 Å². The molecule has 0 aromatic carbocycles. The first-order chi connectivity index (χ1) is 7.80. The van der Waals surface area contributed by atoms with Crippen LogP contribution in [0.3, 0.4) is 0 Å². The van der Waals surface area contributed by atoms with Gasteiger partial charge in [0.1, 0.15) is 11.6 Å². The van der Waals surface area contributed by atoms with Crippen molar-refractivity contribution in [1.29, 1.82) is 0 Å². The Labute approximate surface area is 103 Å². The third-order valence-corrected chi connectivity index (χ3v) is 2.02. The number of carbonyl (C=O) groups is 2. The summed E-state index contributed by atoms with van der Waals surface area (Å²) in [5, 5.41) is 2.52. The van der Waals surface area contributed by atoms with Gasteiger partial charge in [0, 0.05) is 0 Å². The summed E-state index contributed by atoms with van der Waals surface area (Å²) in [7, 11) is 1.30. The maximum Gasteiger partial charge on any atom is 0.408 e. The van der Waals surface area contributed by atoms with Crippen LogP contribution >= 0.6 is 0 Å². The lowest BCUT2D eigenvalue weighted by molar-refractivity contribution is -0.143. The molecule has 0 fully saturated rings. The third-order valence-electron chi connectivity index (χ3n) is 2.02. The first-order valence-corrected chi connectivity index (χ1v) is 5.87. The van der Waals surface area contributed by atoms with Crippen molar-refractivity contribution in [2.75, 3.05) is 7.11 Å². The highest BCUT2D eigenvalue weighted by molar-refractivity contribution is 5.81. The third kappa shape index (κ3) is 7.60. The fourth-order valence-corrected chi connectivity index (χ4v) is 1.25. The number of carbonyl (C=O) groups excluding carboxylic acids is 2. The zero-order valence-electron chi connectivity index (χ0n) is 11.3. The van der Waals surface area contributed by atoms with E-state index in [1.807, 2.05) is 6.92 Å². The molecule has 0 radical (unpaired) electrons. The second-order valence-corrected chi connectivity index (χ2v) is 4.86. The van der Waals surface area contributed by atoms with Crippen molar-refractivity contribution >= 4 is 12.1 Å². The molecule has 1 atom stereocenters. The fraction of sp³-hybridized carbons (Fsp3) is 0.833. The summed E-state index contributed by atoms with van der Waals surface area (Å²) in [6.07, 6.45) is 1.76. The highest BCUT2D eigenvalue weighted by atomic mass is 16.6. The first-order valence-electron chi connectivity index (χ1n) is 5.87. The minimum absolute atomic E-state index is 0.440. The van der Waals surface area contributed by atoms with Gasteiger partial charge in [-0.3, -0.25) is 0 Å². The van der Waals surface area contributed by atoms with Gasteiger partial charge in [-0.25, -0.2) is 9.59 Å². The zero-order valence-corrected chi connectivity index (χ0v) is 11.3. The van der Waals surface area contributed by atoms with Crippen LogP contribution in [0.5, 0.6) is 0 Å². The van der Waals surface area contributed by atoms with Gasteiger partial charge in [-0.1, -0.05) is 19.8 Å². The zero-order chi connectivity index (χ0) is 13.5. The molecule has 5 heteroatoms. The molecule has 0 unspecified atom stereocenters. The Morgan fingerprint density at radius 2 is 1.88 bits per heavy atom. The molecule has 0 aromatic rings. The second kappa shape index (κ2) is 7.14. The predicted octanol–water partition coefficient (Wildman–Crippen LogP) is 2.24. The van der Waals surface area contributed by atoms with Crippen molar-refractivity contribution < 1.29 is 19.1 Å². The fourth-order valence-electron chi connectivity index (χ4n) is 1.25. The number of nitrogens with one attached hydrogen (secondary N) is 1. The molecular formula is C12H23NO4. The molecule has 0 saturated heterocycles. The summed E-state index contributed by atoms with van der Waals surface area (Å²) >= 11 is 0. The van der Waals surface area contributed by atoms with E-state index in [1.54, 1.807) is 20.8 Å². The monoisotopic (exact) mass is 245 g/mol. The van der Waals surface area contributed by atoms with Crippen molar-refractivity contribution in [1.82, 2.24) is 5.32 Å². The molecule has 0 saturated carbocycles. The van der Waals surface area contributed by atoms with E-state index in [1.165, 1.54) is 7.11 Å². The van der Waals surface area contributed by atoms with E-state index in [0.29, 0.717) is 6.42 Å². The van der Waals surface area contributed by atoms with Crippen LogP contribution in [0.1, 0.15) is 47.0 Å². The summed E-state index contributed by atoms with van der Waals surface area (Å²) in [6, 6.07) is -0.630. The van der Waals surface area contributed by atoms with Crippen LogP contribution in [0.4, 0.5) is 4.79 Å². The predicted molar refractivity (Wildman–Crippen MR) is 64.7 cm³/mol. The van der Waals surface area contributed by atoms with Crippen LogP contribution in [-0.2, 0) is 14.3 Å². The highest BCUT2D eigenvalue weighted by Crippen LogP contribution is 2.08. The molecule has 0 aromatic heterocycles. The van der Waals surface area contributed by atoms with Gasteiger partial charge in [-0.2, -0.15) is 0 Å². The van der Waals surface area contributed by atoms with E-state index in [9.17, 15) is 9.59 Å². The SMILES string of the molecule is CCCC[C@@H](NC(=O)OC(C)(C)C)C(=O)OC. The van der Waals surface area contributed by atoms with E-state index in [2.05, 4.69) is 10.1 Å². The molecule has 0 heterocycles. The molecule has 0 spiro atoms. The molecule has 0 rings (SSSR count). The summed E-state index contributed by atoms with van der Waals surface area (Å²) in [6.45, 7) is 7.32. The lowest BCUT2D eigenvalue weighted by Gasteiger charge is -2.22. The molecule has 0 aliphatic heterocycles. The first kappa shape index (κ1) is 15.7. The van der Waals surface area contributed by atoms with Gasteiger partial charge in [0.05, 0.1) is 7.11 Å². The molecule has 0 aliphatic carbocycles. The summed E-state index contributed by atoms with van der Waals surface area (Å²) in [5.41, 5.74) is -0.574. The van der Waals surface area contributed by atoms with Crippen molar-refractivity contribution in [3.63, 3.8) is 0 Å². The summed E-state index contributed by atoms with van der Waals surface area (Å²) < 4.78 is 9.72. The second-order valence-electron chi connectivity index (χ2n) is 4.86. The molecular weight excluding hydrogens is 222 g/mol. The maximum atomic E-state index is 11.5. The number of alkyl carbamates (subject to hydrolysis) is 1. The number of esters is 1. The number of methoxy groups -OCH3 is 1. The van der Waals surface area contributed by atoms with Gasteiger partial charge >= 0.3 is 12.1 Å². The van der Waals surface area contributed by atoms with Crippen molar-refractivity contribution in [3.8, 4) is 0 Å². The minimum atomic E-state index is -0.630. The van der Waals surface area contributed by atoms with Gasteiger partial charge in [-0.15, -0.1) is 0 Å². The van der Waals surface area contributed by atoms with Crippen LogP contribution in [0.15, 0.2) is 0 Å². The Morgan fingerprint density at radius 1 is 1.29 bits per heavy atom. The van der Waals surface area contributed by atoms with Crippen LogP contribution < -0.4 is 5.32 Å². The smallest absolute Gasteiger partial charge is 0.408 e. The molecule has 1 amide bonds. The molecule has 1 N–H and O–H groups in total. The lowest BCUT2D eigenvalue weighted by Crippen LogP contribution is -2.43. The van der Waals surface area contributed by atoms with Crippen LogP contribution in [0.25, 0.3) is 0 Å². The topological polar surface area (TPSA) is 64.6 Å². The van der Waals surface area contributed by atoms with Gasteiger partial charge in [0.25, 0.3) is 0 Å². The minimum Gasteiger partial charge on any atom is -0.467 e. The molecule has 5 nitrogen and oxygen atoms in total. The standard InChI is InChI=1S/C12H23NO4/c1-6-7-8-9(10(14)16-5)13-11(15)17-12(2,3)4/h9H,6-8H2,1-5H3,(H,13,15)/t9-/m1/s1. The molecule has 17 heavy (non-hydrogen) atoms. The van der Waals surface area contributed by atoms with E-state index in [-0.39, 0.29) is 0 Å². The Bertz CT molecular complexity index is 258. The lowest BCUT2D eigenvalue weighted by atomic mass is 10.1. The Kier molecular flexibility index (Phi) is 6.61. The van der Waals surface area contributed by atoms with Crippen molar-refractivity contribution in [2.24, 2.45) is 0 Å². The summed E-state index contributed by atoms with van der Waals surface area (Å²) in [4.78, 5) is 22.9. The van der Waals surface area contributed by atoms with Crippen molar-refractivity contribution in [2.45, 2.75) is 58.6 Å². The normalized spacial score (nSPS) is 12.8. The Balaban J connectivity index is 4.32. The molecule has 0 aliphatic rings. The van der Waals surface area contributed by atoms with Crippen LogP contribution in [-0.4, -0.2) is 30.8 Å². The summed E-state index contributed by atoms with van der Waals surface area (Å²) in [5.74, 6) is -0.440. The molecule has 100 valence electrons. The number of hydrogen-bond acceptors (Lipinski definition) is 4. The number of unbranched alkanes of at least 4 members (excludes halogenated alkanes) is 1. The average molecular weight is 245 g/mol. The highest BCUT2D eigenvalue weighted by Gasteiger charge is 2.24. The number of rotatable bonds is 5. The van der Waals surface area contributed by atoms with Gasteiger partial charge < -0.3 is 14.8 Å². The van der Waals surface area contributed by atoms with E-state index in [0.717, 1.165) is 12.8 Å². The Hall–Kier alpha value is -1.26. The van der Waals surface area contributed by atoms with Crippen LogP contribution in [0.2, 0.25) is 0 Å². The van der Waals surface area contributed by atoms with Crippen LogP contribution in [0, 0.1) is 0 Å². The van der Waals surface area contributed by atoms with Gasteiger partial charge in [-0.05, 0) is 27.2 Å². The Morgan fingerprint density at radius 3 is 2.29 bits per heavy atom. The van der Waals surface area contributed by atoms with Gasteiger partial charge in [0.15, 0.2) is 0 Å².